The molecule has 2 aromatic carbocycles. The monoisotopic (exact) mass is 393 g/mol. The molecule has 0 saturated heterocycles. The molecule has 140 valence electrons. The number of pyridine rings is 1. The minimum absolute atomic E-state index is 0.184. The SMILES string of the molecule is O=C(CCc1c(-c2ccc(Cl)cc2)nc2ccccn12)Nc1ccccc1F. The van der Waals surface area contributed by atoms with Gasteiger partial charge in [0, 0.05) is 23.2 Å². The number of imidazole rings is 1. The maximum atomic E-state index is 13.8. The van der Waals surface area contributed by atoms with Gasteiger partial charge in [0.05, 0.1) is 17.1 Å². The number of nitrogens with zero attached hydrogens (tertiary/aromatic N) is 2. The van der Waals surface area contributed by atoms with Crippen molar-refractivity contribution in [2.24, 2.45) is 0 Å². The van der Waals surface area contributed by atoms with Gasteiger partial charge in [-0.25, -0.2) is 9.37 Å². The summed E-state index contributed by atoms with van der Waals surface area (Å²) in [7, 11) is 0. The summed E-state index contributed by atoms with van der Waals surface area (Å²) in [6, 6.07) is 19.3. The van der Waals surface area contributed by atoms with Gasteiger partial charge in [-0.05, 0) is 42.8 Å². The second kappa shape index (κ2) is 7.82. The molecule has 4 rings (SSSR count). The number of hydrogen-bond acceptors (Lipinski definition) is 2. The number of aromatic nitrogens is 2. The van der Waals surface area contributed by atoms with E-state index in [4.69, 9.17) is 16.6 Å². The van der Waals surface area contributed by atoms with Gasteiger partial charge in [0.1, 0.15) is 11.5 Å². The number of amides is 1. The number of fused-ring (bicyclic) bond motifs is 1. The number of halogens is 2. The van der Waals surface area contributed by atoms with E-state index in [1.54, 1.807) is 18.2 Å². The van der Waals surface area contributed by atoms with E-state index < -0.39 is 5.82 Å². The molecule has 0 unspecified atom stereocenters. The number of benzene rings is 2. The van der Waals surface area contributed by atoms with E-state index >= 15 is 0 Å². The van der Waals surface area contributed by atoms with Crippen molar-refractivity contribution in [1.29, 1.82) is 0 Å². The van der Waals surface area contributed by atoms with Gasteiger partial charge < -0.3 is 9.72 Å². The van der Waals surface area contributed by atoms with Crippen molar-refractivity contribution >= 4 is 28.8 Å². The van der Waals surface area contributed by atoms with Gasteiger partial charge in [0.2, 0.25) is 5.91 Å². The zero-order valence-corrected chi connectivity index (χ0v) is 15.7. The van der Waals surface area contributed by atoms with E-state index in [1.807, 2.05) is 53.1 Å². The predicted octanol–water partition coefficient (Wildman–Crippen LogP) is 5.37. The number of para-hydroxylation sites is 1. The van der Waals surface area contributed by atoms with Crippen LogP contribution in [0.2, 0.25) is 5.02 Å². The minimum atomic E-state index is -0.451. The second-order valence-corrected chi connectivity index (χ2v) is 6.81. The van der Waals surface area contributed by atoms with Gasteiger partial charge in [0.15, 0.2) is 0 Å². The molecule has 1 amide bonds. The summed E-state index contributed by atoms with van der Waals surface area (Å²) >= 11 is 6.00. The largest absolute Gasteiger partial charge is 0.324 e. The van der Waals surface area contributed by atoms with Gasteiger partial charge in [-0.2, -0.15) is 0 Å². The highest BCUT2D eigenvalue weighted by Gasteiger charge is 2.15. The Morgan fingerprint density at radius 3 is 2.57 bits per heavy atom. The molecule has 4 nitrogen and oxygen atoms in total. The van der Waals surface area contributed by atoms with Crippen LogP contribution in [0.4, 0.5) is 10.1 Å². The summed E-state index contributed by atoms with van der Waals surface area (Å²) < 4.78 is 15.7. The van der Waals surface area contributed by atoms with Crippen LogP contribution in [0.3, 0.4) is 0 Å². The summed E-state index contributed by atoms with van der Waals surface area (Å²) in [6.07, 6.45) is 2.59. The topological polar surface area (TPSA) is 46.4 Å². The fraction of sp³-hybridized carbons (Fsp3) is 0.0909. The Hall–Kier alpha value is -3.18. The van der Waals surface area contributed by atoms with Gasteiger partial charge in [0.25, 0.3) is 0 Å². The first-order valence-electron chi connectivity index (χ1n) is 8.88. The number of carbonyl (C=O) groups is 1. The number of hydrogen-bond donors (Lipinski definition) is 1. The molecule has 0 fully saturated rings. The predicted molar refractivity (Wildman–Crippen MR) is 109 cm³/mol. The molecule has 0 radical (unpaired) electrons. The first kappa shape index (κ1) is 18.2. The third-order valence-corrected chi connectivity index (χ3v) is 4.74. The summed E-state index contributed by atoms with van der Waals surface area (Å²) in [6.45, 7) is 0. The summed E-state index contributed by atoms with van der Waals surface area (Å²) in [5, 5.41) is 3.28. The number of carbonyl (C=O) groups excluding carboxylic acids is 1. The van der Waals surface area contributed by atoms with Crippen molar-refractivity contribution < 1.29 is 9.18 Å². The molecular formula is C22H17ClFN3O. The quantitative estimate of drug-likeness (QED) is 0.495. The Morgan fingerprint density at radius 1 is 1.04 bits per heavy atom. The molecule has 0 bridgehead atoms. The molecule has 0 atom stereocenters. The summed E-state index contributed by atoms with van der Waals surface area (Å²) in [5.41, 5.74) is 3.64. The minimum Gasteiger partial charge on any atom is -0.324 e. The zero-order chi connectivity index (χ0) is 19.5. The van der Waals surface area contributed by atoms with Gasteiger partial charge in [-0.3, -0.25) is 4.79 Å². The van der Waals surface area contributed by atoms with Crippen LogP contribution in [0.15, 0.2) is 72.9 Å². The van der Waals surface area contributed by atoms with Crippen LogP contribution in [0.25, 0.3) is 16.9 Å². The van der Waals surface area contributed by atoms with Crippen LogP contribution >= 0.6 is 11.6 Å². The van der Waals surface area contributed by atoms with Crippen molar-refractivity contribution in [3.63, 3.8) is 0 Å². The van der Waals surface area contributed by atoms with E-state index in [-0.39, 0.29) is 18.0 Å². The molecule has 28 heavy (non-hydrogen) atoms. The lowest BCUT2D eigenvalue weighted by atomic mass is 10.1. The molecule has 0 aliphatic carbocycles. The lowest BCUT2D eigenvalue weighted by Crippen LogP contribution is -2.14. The number of rotatable bonds is 5. The molecule has 2 aromatic heterocycles. The average molecular weight is 394 g/mol. The number of nitrogens with one attached hydrogen (secondary N) is 1. The third kappa shape index (κ3) is 3.75. The molecular weight excluding hydrogens is 377 g/mol. The van der Waals surface area contributed by atoms with Gasteiger partial charge in [-0.15, -0.1) is 0 Å². The van der Waals surface area contributed by atoms with Crippen LogP contribution in [-0.2, 0) is 11.2 Å². The second-order valence-electron chi connectivity index (χ2n) is 6.37. The maximum absolute atomic E-state index is 13.8. The van der Waals surface area contributed by atoms with Crippen LogP contribution in [0.5, 0.6) is 0 Å². The lowest BCUT2D eigenvalue weighted by Gasteiger charge is -2.08. The average Bonchev–Trinajstić information content (AvgIpc) is 3.07. The Kier molecular flexibility index (Phi) is 5.08. The first-order valence-corrected chi connectivity index (χ1v) is 9.26. The highest BCUT2D eigenvalue weighted by molar-refractivity contribution is 6.30. The van der Waals surface area contributed by atoms with E-state index in [2.05, 4.69) is 5.32 Å². The molecule has 0 spiro atoms. The molecule has 1 N–H and O–H groups in total. The van der Waals surface area contributed by atoms with Crippen molar-refractivity contribution in [1.82, 2.24) is 9.38 Å². The van der Waals surface area contributed by atoms with Gasteiger partial charge in [-0.1, -0.05) is 41.9 Å². The summed E-state index contributed by atoms with van der Waals surface area (Å²) in [5.74, 6) is -0.703. The Balaban J connectivity index is 1.60. The van der Waals surface area contributed by atoms with E-state index in [9.17, 15) is 9.18 Å². The molecule has 4 aromatic rings. The standard InChI is InChI=1S/C22H17ClFN3O/c23-16-10-8-15(9-11-16)22-19(27-14-4-3-7-20(27)26-22)12-13-21(28)25-18-6-2-1-5-17(18)24/h1-11,14H,12-13H2,(H,25,28). The van der Waals surface area contributed by atoms with Crippen LogP contribution in [-0.4, -0.2) is 15.3 Å². The van der Waals surface area contributed by atoms with Crippen molar-refractivity contribution in [3.8, 4) is 11.3 Å². The van der Waals surface area contributed by atoms with Gasteiger partial charge >= 0.3 is 0 Å². The number of anilines is 1. The molecule has 0 saturated carbocycles. The maximum Gasteiger partial charge on any atom is 0.224 e. The van der Waals surface area contributed by atoms with Crippen molar-refractivity contribution in [2.75, 3.05) is 5.32 Å². The van der Waals surface area contributed by atoms with Crippen molar-refractivity contribution in [3.05, 3.63) is 89.5 Å². The molecule has 6 heteroatoms. The summed E-state index contributed by atoms with van der Waals surface area (Å²) in [4.78, 5) is 17.1. The highest BCUT2D eigenvalue weighted by atomic mass is 35.5. The van der Waals surface area contributed by atoms with E-state index in [0.29, 0.717) is 11.4 Å². The smallest absolute Gasteiger partial charge is 0.224 e. The van der Waals surface area contributed by atoms with Crippen LogP contribution in [0, 0.1) is 5.82 Å². The first-order chi connectivity index (χ1) is 13.6. The van der Waals surface area contributed by atoms with E-state index in [0.717, 1.165) is 22.6 Å². The zero-order valence-electron chi connectivity index (χ0n) is 14.9. The fourth-order valence-electron chi connectivity index (χ4n) is 3.13. The Labute approximate surface area is 166 Å². The third-order valence-electron chi connectivity index (χ3n) is 4.48. The molecule has 2 heterocycles. The van der Waals surface area contributed by atoms with Crippen LogP contribution < -0.4 is 5.32 Å². The molecule has 0 aliphatic heterocycles. The normalized spacial score (nSPS) is 10.9. The molecule has 0 aliphatic rings. The van der Waals surface area contributed by atoms with E-state index in [1.165, 1.54) is 6.07 Å². The number of aryl methyl sites for hydroxylation is 1. The Bertz CT molecular complexity index is 1140. The van der Waals surface area contributed by atoms with Crippen molar-refractivity contribution in [2.45, 2.75) is 12.8 Å². The fourth-order valence-corrected chi connectivity index (χ4v) is 3.26. The Morgan fingerprint density at radius 2 is 1.79 bits per heavy atom. The van der Waals surface area contributed by atoms with Crippen LogP contribution in [0.1, 0.15) is 12.1 Å². The lowest BCUT2D eigenvalue weighted by molar-refractivity contribution is -0.116. The highest BCUT2D eigenvalue weighted by Crippen LogP contribution is 2.27.